The molecular weight excluding hydrogens is 321 g/mol. The lowest BCUT2D eigenvalue weighted by molar-refractivity contribution is 0.0974. The van der Waals surface area contributed by atoms with Crippen LogP contribution in [0.4, 0.5) is 9.39 Å². The Morgan fingerprint density at radius 3 is 2.68 bits per heavy atom. The molecule has 0 fully saturated rings. The molecule has 0 aliphatic heterocycles. The Hall–Kier alpha value is -2.30. The molecule has 0 spiro atoms. The fourth-order valence-electron chi connectivity index (χ4n) is 1.80. The van der Waals surface area contributed by atoms with Crippen LogP contribution in [0.1, 0.15) is 26.4 Å². The first-order valence-electron chi connectivity index (χ1n) is 6.31. The first kappa shape index (κ1) is 16.1. The van der Waals surface area contributed by atoms with E-state index in [-0.39, 0.29) is 10.7 Å². The molecular formula is C15H12FN3OS2. The minimum Gasteiger partial charge on any atom is -0.323 e. The van der Waals surface area contributed by atoms with Crippen molar-refractivity contribution in [3.05, 3.63) is 51.7 Å². The molecule has 0 aliphatic rings. The topological polar surface area (TPSA) is 64.9 Å². The number of carbonyl (C=O) groups excluding carboxylic acids is 1. The first-order chi connectivity index (χ1) is 10.4. The van der Waals surface area contributed by atoms with Crippen LogP contribution in [-0.2, 0) is 0 Å². The van der Waals surface area contributed by atoms with Gasteiger partial charge in [-0.15, -0.1) is 11.3 Å². The van der Waals surface area contributed by atoms with Crippen molar-refractivity contribution < 1.29 is 9.18 Å². The molecule has 0 aliphatic carbocycles. The quantitative estimate of drug-likeness (QED) is 0.826. The van der Waals surface area contributed by atoms with Crippen LogP contribution in [0, 0.1) is 31.0 Å². The minimum absolute atomic E-state index is 0.0194. The van der Waals surface area contributed by atoms with Gasteiger partial charge in [0.15, 0.2) is 5.11 Å². The van der Waals surface area contributed by atoms with Gasteiger partial charge in [0.1, 0.15) is 16.9 Å². The number of thiophene rings is 1. The zero-order chi connectivity index (χ0) is 16.3. The van der Waals surface area contributed by atoms with Crippen molar-refractivity contribution in [2.45, 2.75) is 13.8 Å². The van der Waals surface area contributed by atoms with E-state index in [9.17, 15) is 9.18 Å². The molecule has 22 heavy (non-hydrogen) atoms. The maximum atomic E-state index is 13.5. The fourth-order valence-corrected chi connectivity index (χ4v) is 3.07. The molecule has 1 aromatic carbocycles. The van der Waals surface area contributed by atoms with Crippen LogP contribution in [0.25, 0.3) is 0 Å². The molecule has 1 amide bonds. The summed E-state index contributed by atoms with van der Waals surface area (Å²) in [5.74, 6) is -1.26. The zero-order valence-corrected chi connectivity index (χ0v) is 13.5. The summed E-state index contributed by atoms with van der Waals surface area (Å²) < 4.78 is 13.5. The van der Waals surface area contributed by atoms with Crippen LogP contribution in [-0.4, -0.2) is 11.0 Å². The molecule has 0 saturated heterocycles. The van der Waals surface area contributed by atoms with E-state index in [0.29, 0.717) is 10.6 Å². The Kier molecular flexibility index (Phi) is 4.85. The molecule has 0 saturated carbocycles. The Balaban J connectivity index is 2.12. The van der Waals surface area contributed by atoms with E-state index in [1.807, 2.05) is 13.8 Å². The molecule has 112 valence electrons. The highest BCUT2D eigenvalue weighted by Crippen LogP contribution is 2.31. The number of halogens is 1. The fraction of sp³-hybridized carbons (Fsp3) is 0.133. The van der Waals surface area contributed by atoms with Gasteiger partial charge in [0.2, 0.25) is 0 Å². The number of hydrogen-bond acceptors (Lipinski definition) is 4. The van der Waals surface area contributed by atoms with Crippen molar-refractivity contribution in [3.8, 4) is 6.07 Å². The van der Waals surface area contributed by atoms with Crippen LogP contribution in [0.15, 0.2) is 24.3 Å². The maximum absolute atomic E-state index is 13.5. The second-order valence-corrected chi connectivity index (χ2v) is 6.12. The van der Waals surface area contributed by atoms with Crippen molar-refractivity contribution in [3.63, 3.8) is 0 Å². The van der Waals surface area contributed by atoms with Crippen LogP contribution < -0.4 is 10.6 Å². The minimum atomic E-state index is -0.640. The van der Waals surface area contributed by atoms with Gasteiger partial charge in [-0.3, -0.25) is 10.1 Å². The summed E-state index contributed by atoms with van der Waals surface area (Å²) in [7, 11) is 0. The van der Waals surface area contributed by atoms with E-state index in [0.717, 1.165) is 10.4 Å². The monoisotopic (exact) mass is 333 g/mol. The molecule has 0 unspecified atom stereocenters. The van der Waals surface area contributed by atoms with Crippen molar-refractivity contribution in [2.24, 2.45) is 0 Å². The Bertz CT molecular complexity index is 793. The number of rotatable bonds is 2. The van der Waals surface area contributed by atoms with Gasteiger partial charge >= 0.3 is 0 Å². The number of anilines is 1. The van der Waals surface area contributed by atoms with Crippen LogP contribution in [0.2, 0.25) is 0 Å². The molecule has 0 bridgehead atoms. The first-order valence-corrected chi connectivity index (χ1v) is 7.53. The van der Waals surface area contributed by atoms with E-state index in [1.165, 1.54) is 29.5 Å². The number of benzene rings is 1. The zero-order valence-electron chi connectivity index (χ0n) is 11.9. The third kappa shape index (κ3) is 3.30. The Morgan fingerprint density at radius 2 is 2.05 bits per heavy atom. The summed E-state index contributed by atoms with van der Waals surface area (Å²) in [6, 6.07) is 7.73. The van der Waals surface area contributed by atoms with Gasteiger partial charge in [0, 0.05) is 4.88 Å². The molecule has 1 aromatic heterocycles. The normalized spacial score (nSPS) is 9.91. The van der Waals surface area contributed by atoms with Gasteiger partial charge in [-0.05, 0) is 43.8 Å². The second kappa shape index (κ2) is 6.64. The maximum Gasteiger partial charge on any atom is 0.260 e. The average molecular weight is 333 g/mol. The molecule has 1 heterocycles. The number of aryl methyl sites for hydroxylation is 1. The standard InChI is InChI=1S/C15H12FN3OS2/c1-8-9(2)22-14(11(8)7-17)19-15(21)18-13(20)10-5-3-4-6-12(10)16/h3-6H,1-2H3,(H2,18,19,20,21). The molecule has 2 N–H and O–H groups in total. The summed E-state index contributed by atoms with van der Waals surface area (Å²) in [5.41, 5.74) is 1.27. The number of nitrogens with one attached hydrogen (secondary N) is 2. The summed E-state index contributed by atoms with van der Waals surface area (Å²) in [6.45, 7) is 3.74. The lowest BCUT2D eigenvalue weighted by Crippen LogP contribution is -2.34. The second-order valence-electron chi connectivity index (χ2n) is 4.49. The smallest absolute Gasteiger partial charge is 0.260 e. The molecule has 0 radical (unpaired) electrons. The Morgan fingerprint density at radius 1 is 1.36 bits per heavy atom. The van der Waals surface area contributed by atoms with Gasteiger partial charge in [0.05, 0.1) is 11.1 Å². The molecule has 2 aromatic rings. The number of nitriles is 1. The number of carbonyl (C=O) groups is 1. The summed E-state index contributed by atoms with van der Waals surface area (Å²) in [6.07, 6.45) is 0. The van der Waals surface area contributed by atoms with E-state index in [4.69, 9.17) is 17.5 Å². The van der Waals surface area contributed by atoms with Gasteiger partial charge in [0.25, 0.3) is 5.91 Å². The van der Waals surface area contributed by atoms with Crippen LogP contribution in [0.3, 0.4) is 0 Å². The van der Waals surface area contributed by atoms with Gasteiger partial charge in [-0.25, -0.2) is 4.39 Å². The molecule has 0 atom stereocenters. The number of amides is 1. The number of nitrogens with zero attached hydrogens (tertiary/aromatic N) is 1. The van der Waals surface area contributed by atoms with Gasteiger partial charge in [-0.1, -0.05) is 12.1 Å². The largest absolute Gasteiger partial charge is 0.323 e. The van der Waals surface area contributed by atoms with Crippen molar-refractivity contribution in [2.75, 3.05) is 5.32 Å². The van der Waals surface area contributed by atoms with Crippen LogP contribution >= 0.6 is 23.6 Å². The third-order valence-corrected chi connectivity index (χ3v) is 4.40. The third-order valence-electron chi connectivity index (χ3n) is 3.07. The van der Waals surface area contributed by atoms with Crippen LogP contribution in [0.5, 0.6) is 0 Å². The van der Waals surface area contributed by atoms with E-state index >= 15 is 0 Å². The molecule has 4 nitrogen and oxygen atoms in total. The van der Waals surface area contributed by atoms with E-state index in [1.54, 1.807) is 6.07 Å². The molecule has 2 rings (SSSR count). The number of hydrogen-bond donors (Lipinski definition) is 2. The van der Waals surface area contributed by atoms with Crippen molar-refractivity contribution in [1.29, 1.82) is 5.26 Å². The van der Waals surface area contributed by atoms with E-state index in [2.05, 4.69) is 16.7 Å². The lowest BCUT2D eigenvalue weighted by atomic mass is 10.2. The van der Waals surface area contributed by atoms with E-state index < -0.39 is 11.7 Å². The SMILES string of the molecule is Cc1sc(NC(=S)NC(=O)c2ccccc2F)c(C#N)c1C. The van der Waals surface area contributed by atoms with Crippen molar-refractivity contribution in [1.82, 2.24) is 5.32 Å². The molecule has 7 heteroatoms. The number of thiocarbonyl (C=S) groups is 1. The highest BCUT2D eigenvalue weighted by Gasteiger charge is 2.16. The Labute approximate surface area is 136 Å². The summed E-state index contributed by atoms with van der Waals surface area (Å²) in [4.78, 5) is 12.9. The van der Waals surface area contributed by atoms with Crippen molar-refractivity contribution >= 4 is 39.6 Å². The lowest BCUT2D eigenvalue weighted by Gasteiger charge is -2.08. The van der Waals surface area contributed by atoms with Gasteiger partial charge in [-0.2, -0.15) is 5.26 Å². The predicted octanol–water partition coefficient (Wildman–Crippen LogP) is 3.50. The summed E-state index contributed by atoms with van der Waals surface area (Å²) >= 11 is 6.42. The van der Waals surface area contributed by atoms with Gasteiger partial charge < -0.3 is 5.32 Å². The summed E-state index contributed by atoms with van der Waals surface area (Å²) in [5, 5.41) is 15.0. The highest BCUT2D eigenvalue weighted by molar-refractivity contribution is 7.80. The average Bonchev–Trinajstić information content (AvgIpc) is 2.73. The predicted molar refractivity (Wildman–Crippen MR) is 88.6 cm³/mol. The highest BCUT2D eigenvalue weighted by atomic mass is 32.1.